The SMILES string of the molecule is COCCn1cc(-c2cn3ncc(C(=O)Nc4cc(NC(=O)[C@H]5CCCN5C(C)C)cnc4C)c3cn2)cn1. The van der Waals surface area contributed by atoms with Crippen molar-refractivity contribution in [1.82, 2.24) is 34.3 Å². The Hall–Kier alpha value is -4.16. The number of hydrogen-bond acceptors (Lipinski definition) is 8. The quantitative estimate of drug-likeness (QED) is 0.337. The number of nitrogens with one attached hydrogen (secondary N) is 2. The zero-order valence-corrected chi connectivity index (χ0v) is 22.6. The summed E-state index contributed by atoms with van der Waals surface area (Å²) >= 11 is 0. The second kappa shape index (κ2) is 11.3. The molecular weight excluding hydrogens is 498 g/mol. The number of carbonyl (C=O) groups is 2. The molecule has 0 spiro atoms. The smallest absolute Gasteiger partial charge is 0.259 e. The summed E-state index contributed by atoms with van der Waals surface area (Å²) in [6.45, 7) is 8.11. The van der Waals surface area contributed by atoms with Crippen LogP contribution < -0.4 is 10.6 Å². The van der Waals surface area contributed by atoms with E-state index in [0.29, 0.717) is 53.0 Å². The molecule has 0 unspecified atom stereocenters. The Labute approximate surface area is 226 Å². The largest absolute Gasteiger partial charge is 0.383 e. The number of rotatable bonds is 9. The Balaban J connectivity index is 1.30. The predicted octanol–water partition coefficient (Wildman–Crippen LogP) is 3.01. The molecular formula is C27H33N9O3. The molecule has 1 aliphatic rings. The fraction of sp³-hybridized carbons (Fsp3) is 0.407. The number of carbonyl (C=O) groups excluding carboxylic acids is 2. The number of aryl methyl sites for hydroxylation is 1. The van der Waals surface area contributed by atoms with Crippen molar-refractivity contribution in [3.8, 4) is 11.3 Å². The predicted molar refractivity (Wildman–Crippen MR) is 147 cm³/mol. The topological polar surface area (TPSA) is 132 Å². The number of anilines is 2. The van der Waals surface area contributed by atoms with Gasteiger partial charge in [-0.05, 0) is 46.2 Å². The molecule has 12 nitrogen and oxygen atoms in total. The molecule has 5 heterocycles. The van der Waals surface area contributed by atoms with Crippen LogP contribution in [0.4, 0.5) is 11.4 Å². The first kappa shape index (κ1) is 26.4. The lowest BCUT2D eigenvalue weighted by atomic mass is 10.1. The number of fused-ring (bicyclic) bond motifs is 1. The number of nitrogens with zero attached hydrogens (tertiary/aromatic N) is 7. The number of pyridine rings is 1. The van der Waals surface area contributed by atoms with Crippen LogP contribution in [0.1, 0.15) is 42.7 Å². The van der Waals surface area contributed by atoms with E-state index in [4.69, 9.17) is 4.74 Å². The van der Waals surface area contributed by atoms with Crippen LogP contribution >= 0.6 is 0 Å². The summed E-state index contributed by atoms with van der Waals surface area (Å²) in [5.74, 6) is -0.403. The molecule has 39 heavy (non-hydrogen) atoms. The summed E-state index contributed by atoms with van der Waals surface area (Å²) in [4.78, 5) is 37.3. The van der Waals surface area contributed by atoms with E-state index in [2.05, 4.69) is 49.5 Å². The minimum Gasteiger partial charge on any atom is -0.383 e. The third-order valence-corrected chi connectivity index (χ3v) is 6.97. The summed E-state index contributed by atoms with van der Waals surface area (Å²) in [6.07, 6.45) is 11.9. The van der Waals surface area contributed by atoms with Crippen LogP contribution in [0.2, 0.25) is 0 Å². The van der Waals surface area contributed by atoms with Crippen LogP contribution in [0.25, 0.3) is 16.8 Å². The second-order valence-electron chi connectivity index (χ2n) is 9.94. The molecule has 4 aromatic heterocycles. The summed E-state index contributed by atoms with van der Waals surface area (Å²) in [6, 6.07) is 1.86. The van der Waals surface area contributed by atoms with Gasteiger partial charge in [0.15, 0.2) is 0 Å². The molecule has 204 valence electrons. The fourth-order valence-electron chi connectivity index (χ4n) is 4.84. The molecule has 4 aromatic rings. The highest BCUT2D eigenvalue weighted by molar-refractivity contribution is 6.09. The molecule has 0 saturated carbocycles. The van der Waals surface area contributed by atoms with E-state index in [1.54, 1.807) is 54.1 Å². The van der Waals surface area contributed by atoms with Crippen LogP contribution in [0.5, 0.6) is 0 Å². The van der Waals surface area contributed by atoms with E-state index >= 15 is 0 Å². The van der Waals surface area contributed by atoms with Gasteiger partial charge in [0.25, 0.3) is 5.91 Å². The van der Waals surface area contributed by atoms with Crippen LogP contribution in [0.15, 0.2) is 43.2 Å². The van der Waals surface area contributed by atoms with Crippen molar-refractivity contribution in [2.75, 3.05) is 30.9 Å². The average Bonchev–Trinajstić information content (AvgIpc) is 3.68. The number of hydrogen-bond donors (Lipinski definition) is 2. The molecule has 2 amide bonds. The van der Waals surface area contributed by atoms with Gasteiger partial charge in [0.2, 0.25) is 5.91 Å². The molecule has 0 aromatic carbocycles. The highest BCUT2D eigenvalue weighted by atomic mass is 16.5. The van der Waals surface area contributed by atoms with Gasteiger partial charge in [-0.25, -0.2) is 4.52 Å². The Morgan fingerprint density at radius 2 is 1.95 bits per heavy atom. The normalized spacial score (nSPS) is 15.8. The van der Waals surface area contributed by atoms with Gasteiger partial charge in [0, 0.05) is 24.9 Å². The maximum absolute atomic E-state index is 13.2. The number of likely N-dealkylation sites (tertiary alicyclic amines) is 1. The van der Waals surface area contributed by atoms with Crippen molar-refractivity contribution in [3.05, 3.63) is 54.5 Å². The average molecular weight is 532 g/mol. The van der Waals surface area contributed by atoms with Gasteiger partial charge >= 0.3 is 0 Å². The van der Waals surface area contributed by atoms with Crippen molar-refractivity contribution >= 4 is 28.7 Å². The van der Waals surface area contributed by atoms with Crippen molar-refractivity contribution < 1.29 is 14.3 Å². The molecule has 0 aliphatic carbocycles. The first-order valence-electron chi connectivity index (χ1n) is 13.0. The van der Waals surface area contributed by atoms with Crippen LogP contribution in [-0.2, 0) is 16.1 Å². The van der Waals surface area contributed by atoms with Gasteiger partial charge in [-0.15, -0.1) is 0 Å². The first-order valence-corrected chi connectivity index (χ1v) is 13.0. The summed E-state index contributed by atoms with van der Waals surface area (Å²) in [5, 5.41) is 14.6. The van der Waals surface area contributed by atoms with Crippen molar-refractivity contribution in [2.24, 2.45) is 0 Å². The van der Waals surface area contributed by atoms with Gasteiger partial charge in [-0.3, -0.25) is 29.1 Å². The summed E-state index contributed by atoms with van der Waals surface area (Å²) in [7, 11) is 1.65. The molecule has 1 saturated heterocycles. The highest BCUT2D eigenvalue weighted by Gasteiger charge is 2.32. The van der Waals surface area contributed by atoms with Crippen LogP contribution in [0, 0.1) is 6.92 Å². The Kier molecular flexibility index (Phi) is 7.66. The molecule has 0 bridgehead atoms. The zero-order valence-electron chi connectivity index (χ0n) is 22.6. The Morgan fingerprint density at radius 1 is 1.10 bits per heavy atom. The minimum absolute atomic E-state index is 0.0575. The third-order valence-electron chi connectivity index (χ3n) is 6.97. The summed E-state index contributed by atoms with van der Waals surface area (Å²) < 4.78 is 8.50. The maximum Gasteiger partial charge on any atom is 0.259 e. The summed E-state index contributed by atoms with van der Waals surface area (Å²) in [5.41, 5.74) is 4.14. The van der Waals surface area contributed by atoms with E-state index < -0.39 is 0 Å². The molecule has 5 rings (SSSR count). The lowest BCUT2D eigenvalue weighted by Crippen LogP contribution is -2.43. The Bertz CT molecular complexity index is 1490. The molecule has 12 heteroatoms. The molecule has 1 fully saturated rings. The second-order valence-corrected chi connectivity index (χ2v) is 9.94. The zero-order chi connectivity index (χ0) is 27.5. The fourth-order valence-corrected chi connectivity index (χ4v) is 4.84. The van der Waals surface area contributed by atoms with Crippen molar-refractivity contribution in [2.45, 2.75) is 52.2 Å². The number of methoxy groups -OCH3 is 1. The standard InChI is InChI=1S/C27H33N9O3/c1-17(2)35-7-5-6-24(35)27(38)32-20-10-22(18(3)28-12-20)33-26(37)21-13-31-36-16-23(29-14-25(21)36)19-11-30-34(15-19)8-9-39-4/h10-17,24H,5-9H2,1-4H3,(H,32,38)(H,33,37)/t24-/m1/s1. The molecule has 0 radical (unpaired) electrons. The minimum atomic E-state index is -0.345. The third kappa shape index (κ3) is 5.66. The number of aromatic nitrogens is 6. The lowest BCUT2D eigenvalue weighted by Gasteiger charge is -2.27. The van der Waals surface area contributed by atoms with Crippen molar-refractivity contribution in [1.29, 1.82) is 0 Å². The molecule has 1 atom stereocenters. The van der Waals surface area contributed by atoms with E-state index in [1.807, 2.05) is 6.20 Å². The highest BCUT2D eigenvalue weighted by Crippen LogP contribution is 2.24. The van der Waals surface area contributed by atoms with E-state index in [1.165, 1.54) is 6.20 Å². The van der Waals surface area contributed by atoms with Crippen LogP contribution in [0.3, 0.4) is 0 Å². The Morgan fingerprint density at radius 3 is 2.74 bits per heavy atom. The van der Waals surface area contributed by atoms with E-state index in [9.17, 15) is 9.59 Å². The number of ether oxygens (including phenoxy) is 1. The van der Waals surface area contributed by atoms with Gasteiger partial charge in [0.1, 0.15) is 0 Å². The van der Waals surface area contributed by atoms with Gasteiger partial charge < -0.3 is 15.4 Å². The maximum atomic E-state index is 13.2. The van der Waals surface area contributed by atoms with Gasteiger partial charge in [0.05, 0.1) is 84.0 Å². The lowest BCUT2D eigenvalue weighted by molar-refractivity contribution is -0.120. The van der Waals surface area contributed by atoms with Crippen molar-refractivity contribution in [3.63, 3.8) is 0 Å². The first-order chi connectivity index (χ1) is 18.8. The van der Waals surface area contributed by atoms with Gasteiger partial charge in [-0.2, -0.15) is 10.2 Å². The number of amides is 2. The van der Waals surface area contributed by atoms with Gasteiger partial charge in [-0.1, -0.05) is 0 Å². The van der Waals surface area contributed by atoms with Crippen LogP contribution in [-0.4, -0.2) is 78.4 Å². The molecule has 2 N–H and O–H groups in total. The van der Waals surface area contributed by atoms with E-state index in [0.717, 1.165) is 24.9 Å². The van der Waals surface area contributed by atoms with E-state index in [-0.39, 0.29) is 17.9 Å². The molecule has 1 aliphatic heterocycles. The monoisotopic (exact) mass is 531 g/mol.